The van der Waals surface area contributed by atoms with Crippen molar-refractivity contribution in [3.63, 3.8) is 0 Å². The Hall–Kier alpha value is -3.35. The number of nitrogens with zero attached hydrogens (tertiary/aromatic N) is 2. The van der Waals surface area contributed by atoms with Crippen LogP contribution in [0.25, 0.3) is 0 Å². The van der Waals surface area contributed by atoms with Crippen LogP contribution >= 0.6 is 0 Å². The van der Waals surface area contributed by atoms with Gasteiger partial charge in [-0.2, -0.15) is 0 Å². The second kappa shape index (κ2) is 8.79. The molecule has 4 heterocycles. The first kappa shape index (κ1) is 19.6. The van der Waals surface area contributed by atoms with Gasteiger partial charge in [-0.3, -0.25) is 4.79 Å². The number of furan rings is 2. The second-order valence-corrected chi connectivity index (χ2v) is 7.93. The number of amides is 1. The number of hydrogen-bond donors (Lipinski definition) is 0. The van der Waals surface area contributed by atoms with E-state index in [9.17, 15) is 4.79 Å². The predicted molar refractivity (Wildman–Crippen MR) is 114 cm³/mol. The Morgan fingerprint density at radius 2 is 1.74 bits per heavy atom. The molecule has 7 nitrogen and oxygen atoms in total. The summed E-state index contributed by atoms with van der Waals surface area (Å²) in [5.41, 5.74) is 0. The molecule has 1 atom stereocenters. The molecular formula is C24H26N2O5. The Morgan fingerprint density at radius 1 is 0.935 bits per heavy atom. The smallest absolute Gasteiger partial charge is 0.268 e. The summed E-state index contributed by atoms with van der Waals surface area (Å²) in [6, 6.07) is 15.0. The van der Waals surface area contributed by atoms with E-state index in [1.165, 1.54) is 19.3 Å². The van der Waals surface area contributed by atoms with E-state index in [0.717, 1.165) is 24.7 Å². The van der Waals surface area contributed by atoms with Gasteiger partial charge in [-0.25, -0.2) is 0 Å². The van der Waals surface area contributed by atoms with Crippen molar-refractivity contribution in [3.8, 4) is 11.5 Å². The van der Waals surface area contributed by atoms with Gasteiger partial charge < -0.3 is 28.1 Å². The third-order valence-corrected chi connectivity index (χ3v) is 5.68. The standard InChI is InChI=1S/C24H26N2O5/c27-24(22-17-29-20-8-2-3-9-21(20)31-22)26(15-18-7-6-14-28-18)16-19-10-11-23(30-19)25-12-4-1-5-13-25/h2-3,6-11,14,22H,1,4-5,12-13,15-17H2. The number of piperidine rings is 1. The summed E-state index contributed by atoms with van der Waals surface area (Å²) in [5, 5.41) is 0. The number of ether oxygens (including phenoxy) is 2. The van der Waals surface area contributed by atoms with Crippen LogP contribution in [-0.2, 0) is 17.9 Å². The summed E-state index contributed by atoms with van der Waals surface area (Å²) in [6.45, 7) is 2.84. The average Bonchev–Trinajstić information content (AvgIpc) is 3.51. The van der Waals surface area contributed by atoms with Gasteiger partial charge in [0, 0.05) is 19.2 Å². The minimum Gasteiger partial charge on any atom is -0.485 e. The molecule has 1 aromatic carbocycles. The molecule has 0 radical (unpaired) electrons. The minimum atomic E-state index is -0.721. The third kappa shape index (κ3) is 4.40. The number of fused-ring (bicyclic) bond motifs is 1. The van der Waals surface area contributed by atoms with Crippen LogP contribution in [0.1, 0.15) is 30.8 Å². The molecule has 0 bridgehead atoms. The normalized spacial score (nSPS) is 18.1. The van der Waals surface area contributed by atoms with E-state index in [0.29, 0.717) is 30.3 Å². The number of rotatable bonds is 6. The van der Waals surface area contributed by atoms with Crippen LogP contribution in [0.2, 0.25) is 0 Å². The molecule has 1 fully saturated rings. The summed E-state index contributed by atoms with van der Waals surface area (Å²) in [6.07, 6.45) is 4.51. The van der Waals surface area contributed by atoms with Crippen LogP contribution in [0.4, 0.5) is 5.88 Å². The molecule has 0 saturated carbocycles. The van der Waals surface area contributed by atoms with Crippen molar-refractivity contribution in [2.75, 3.05) is 24.6 Å². The Kier molecular flexibility index (Phi) is 5.56. The van der Waals surface area contributed by atoms with Crippen molar-refractivity contribution < 1.29 is 23.1 Å². The molecule has 162 valence electrons. The molecule has 0 spiro atoms. The summed E-state index contributed by atoms with van der Waals surface area (Å²) in [5.74, 6) is 3.37. The fourth-order valence-electron chi connectivity index (χ4n) is 4.07. The quantitative estimate of drug-likeness (QED) is 0.592. The largest absolute Gasteiger partial charge is 0.485 e. The van der Waals surface area contributed by atoms with E-state index in [2.05, 4.69) is 4.90 Å². The Labute approximate surface area is 181 Å². The first-order valence-electron chi connectivity index (χ1n) is 10.8. The number of carbonyl (C=O) groups is 1. The van der Waals surface area contributed by atoms with Crippen LogP contribution in [0.5, 0.6) is 11.5 Å². The van der Waals surface area contributed by atoms with Gasteiger partial charge in [-0.1, -0.05) is 12.1 Å². The molecule has 2 aromatic heterocycles. The third-order valence-electron chi connectivity index (χ3n) is 5.68. The number of para-hydroxylation sites is 2. The Balaban J connectivity index is 1.32. The van der Waals surface area contributed by atoms with Crippen LogP contribution in [0.3, 0.4) is 0 Å². The monoisotopic (exact) mass is 422 g/mol. The number of carbonyl (C=O) groups excluding carboxylic acids is 1. The Bertz CT molecular complexity index is 1010. The molecule has 0 N–H and O–H groups in total. The van der Waals surface area contributed by atoms with E-state index in [4.69, 9.17) is 18.3 Å². The number of benzene rings is 1. The van der Waals surface area contributed by atoms with Gasteiger partial charge in [0.15, 0.2) is 17.4 Å². The second-order valence-electron chi connectivity index (χ2n) is 7.93. The van der Waals surface area contributed by atoms with E-state index in [1.54, 1.807) is 11.2 Å². The van der Waals surface area contributed by atoms with Gasteiger partial charge in [0.2, 0.25) is 6.10 Å². The topological polar surface area (TPSA) is 68.3 Å². The summed E-state index contributed by atoms with van der Waals surface area (Å²) in [7, 11) is 0. The molecule has 31 heavy (non-hydrogen) atoms. The van der Waals surface area contributed by atoms with Gasteiger partial charge in [-0.05, 0) is 49.6 Å². The van der Waals surface area contributed by atoms with E-state index >= 15 is 0 Å². The maximum Gasteiger partial charge on any atom is 0.268 e. The van der Waals surface area contributed by atoms with Gasteiger partial charge in [0.05, 0.1) is 19.4 Å². The molecule has 3 aromatic rings. The van der Waals surface area contributed by atoms with Gasteiger partial charge in [0.1, 0.15) is 18.1 Å². The fraction of sp³-hybridized carbons (Fsp3) is 0.375. The first-order valence-corrected chi connectivity index (χ1v) is 10.8. The minimum absolute atomic E-state index is 0.165. The fourth-order valence-corrected chi connectivity index (χ4v) is 4.07. The molecular weight excluding hydrogens is 396 g/mol. The van der Waals surface area contributed by atoms with Crippen molar-refractivity contribution in [2.24, 2.45) is 0 Å². The predicted octanol–water partition coefficient (Wildman–Crippen LogP) is 4.23. The van der Waals surface area contributed by atoms with Crippen LogP contribution in [0, 0.1) is 0 Å². The van der Waals surface area contributed by atoms with Crippen molar-refractivity contribution in [1.82, 2.24) is 4.90 Å². The zero-order valence-electron chi connectivity index (χ0n) is 17.4. The van der Waals surface area contributed by atoms with Gasteiger partial charge >= 0.3 is 0 Å². The number of anilines is 1. The van der Waals surface area contributed by atoms with E-state index < -0.39 is 6.10 Å². The van der Waals surface area contributed by atoms with Gasteiger partial charge in [0.25, 0.3) is 5.91 Å². The highest BCUT2D eigenvalue weighted by molar-refractivity contribution is 5.82. The molecule has 2 aliphatic rings. The van der Waals surface area contributed by atoms with Crippen molar-refractivity contribution in [1.29, 1.82) is 0 Å². The molecule has 0 aliphatic carbocycles. The number of hydrogen-bond acceptors (Lipinski definition) is 6. The zero-order chi connectivity index (χ0) is 21.0. The van der Waals surface area contributed by atoms with Crippen molar-refractivity contribution >= 4 is 11.8 Å². The van der Waals surface area contributed by atoms with Crippen LogP contribution in [-0.4, -0.2) is 36.6 Å². The average molecular weight is 422 g/mol. The first-order chi connectivity index (χ1) is 15.3. The highest BCUT2D eigenvalue weighted by Gasteiger charge is 2.32. The summed E-state index contributed by atoms with van der Waals surface area (Å²) in [4.78, 5) is 17.3. The highest BCUT2D eigenvalue weighted by Crippen LogP contribution is 2.32. The maximum absolute atomic E-state index is 13.4. The Morgan fingerprint density at radius 3 is 2.55 bits per heavy atom. The molecule has 2 aliphatic heterocycles. The zero-order valence-corrected chi connectivity index (χ0v) is 17.4. The maximum atomic E-state index is 13.4. The molecule has 1 saturated heterocycles. The molecule has 1 unspecified atom stereocenters. The lowest BCUT2D eigenvalue weighted by Gasteiger charge is -2.30. The molecule has 1 amide bonds. The summed E-state index contributed by atoms with van der Waals surface area (Å²) < 4.78 is 23.3. The van der Waals surface area contributed by atoms with Crippen LogP contribution in [0.15, 0.2) is 63.6 Å². The highest BCUT2D eigenvalue weighted by atomic mass is 16.6. The van der Waals surface area contributed by atoms with Gasteiger partial charge in [-0.15, -0.1) is 0 Å². The SMILES string of the molecule is O=C(C1COc2ccccc2O1)N(Cc1ccco1)Cc1ccc(N2CCCCC2)o1. The lowest BCUT2D eigenvalue weighted by molar-refractivity contribution is -0.143. The lowest BCUT2D eigenvalue weighted by atomic mass is 10.1. The van der Waals surface area contributed by atoms with Crippen molar-refractivity contribution in [2.45, 2.75) is 38.5 Å². The van der Waals surface area contributed by atoms with Crippen LogP contribution < -0.4 is 14.4 Å². The van der Waals surface area contributed by atoms with E-state index in [-0.39, 0.29) is 12.5 Å². The van der Waals surface area contributed by atoms with Crippen molar-refractivity contribution in [3.05, 3.63) is 66.3 Å². The molecule has 5 rings (SSSR count). The van der Waals surface area contributed by atoms with E-state index in [1.807, 2.05) is 48.5 Å². The molecule has 7 heteroatoms. The lowest BCUT2D eigenvalue weighted by Crippen LogP contribution is -2.45. The summed E-state index contributed by atoms with van der Waals surface area (Å²) >= 11 is 0.